The molecule has 9 nitrogen and oxygen atoms in total. The summed E-state index contributed by atoms with van der Waals surface area (Å²) >= 11 is 0. The number of aryl methyl sites for hydroxylation is 1. The molecule has 0 radical (unpaired) electrons. The van der Waals surface area contributed by atoms with Crippen molar-refractivity contribution in [3.05, 3.63) is 72.0 Å². The van der Waals surface area contributed by atoms with E-state index in [1.807, 2.05) is 0 Å². The number of aromatic nitrogens is 1. The summed E-state index contributed by atoms with van der Waals surface area (Å²) in [5.41, 5.74) is 0.522. The Labute approximate surface area is 173 Å². The van der Waals surface area contributed by atoms with Gasteiger partial charge in [-0.25, -0.2) is 13.2 Å². The van der Waals surface area contributed by atoms with Crippen LogP contribution in [-0.2, 0) is 19.6 Å². The molecular formula is C20H19N3O6S. The molecule has 0 spiro atoms. The zero-order valence-corrected chi connectivity index (χ0v) is 17.0. The van der Waals surface area contributed by atoms with Gasteiger partial charge in [0.05, 0.1) is 10.5 Å². The van der Waals surface area contributed by atoms with Crippen LogP contribution in [0.2, 0.25) is 0 Å². The molecule has 0 fully saturated rings. The molecule has 30 heavy (non-hydrogen) atoms. The number of rotatable bonds is 7. The summed E-state index contributed by atoms with van der Waals surface area (Å²) in [5.74, 6) is -0.621. The van der Waals surface area contributed by atoms with E-state index in [9.17, 15) is 18.0 Å². The maximum absolute atomic E-state index is 12.4. The molecule has 1 atom stereocenters. The molecule has 156 valence electrons. The van der Waals surface area contributed by atoms with Crippen molar-refractivity contribution < 1.29 is 27.3 Å². The van der Waals surface area contributed by atoms with E-state index in [0.29, 0.717) is 11.4 Å². The van der Waals surface area contributed by atoms with Crippen molar-refractivity contribution >= 4 is 33.4 Å². The summed E-state index contributed by atoms with van der Waals surface area (Å²) in [4.78, 5) is 24.3. The second-order valence-electron chi connectivity index (χ2n) is 6.36. The van der Waals surface area contributed by atoms with E-state index in [1.54, 1.807) is 37.3 Å². The number of nitrogens with one attached hydrogen (secondary N) is 2. The zero-order valence-electron chi connectivity index (χ0n) is 16.2. The molecule has 0 aliphatic heterocycles. The van der Waals surface area contributed by atoms with Crippen LogP contribution < -0.4 is 10.0 Å². The lowest BCUT2D eigenvalue weighted by Gasteiger charge is -2.13. The summed E-state index contributed by atoms with van der Waals surface area (Å²) in [5, 5.41) is 6.09. The van der Waals surface area contributed by atoms with Gasteiger partial charge in [0.15, 0.2) is 11.9 Å². The first-order chi connectivity index (χ1) is 14.2. The lowest BCUT2D eigenvalue weighted by Crippen LogP contribution is -2.30. The first-order valence-corrected chi connectivity index (χ1v) is 10.4. The fraction of sp³-hybridized carbons (Fsp3) is 0.150. The van der Waals surface area contributed by atoms with Crippen LogP contribution in [0.3, 0.4) is 0 Å². The number of sulfonamides is 1. The fourth-order valence-corrected chi connectivity index (χ4v) is 3.48. The minimum absolute atomic E-state index is 0.0184. The molecule has 0 aliphatic rings. The number of carbonyl (C=O) groups excluding carboxylic acids is 2. The van der Waals surface area contributed by atoms with Gasteiger partial charge in [-0.1, -0.05) is 23.4 Å². The molecule has 1 heterocycles. The van der Waals surface area contributed by atoms with Crippen LogP contribution in [0, 0.1) is 6.92 Å². The number of hydrogen-bond donors (Lipinski definition) is 2. The third kappa shape index (κ3) is 5.23. The van der Waals surface area contributed by atoms with Gasteiger partial charge in [-0.3, -0.25) is 9.52 Å². The highest BCUT2D eigenvalue weighted by molar-refractivity contribution is 7.92. The summed E-state index contributed by atoms with van der Waals surface area (Å²) in [6, 6.07) is 15.1. The van der Waals surface area contributed by atoms with Gasteiger partial charge in [-0.15, -0.1) is 0 Å². The fourth-order valence-electron chi connectivity index (χ4n) is 2.43. The molecule has 0 saturated carbocycles. The van der Waals surface area contributed by atoms with Gasteiger partial charge in [0.2, 0.25) is 0 Å². The largest absolute Gasteiger partial charge is 0.449 e. The predicted molar refractivity (Wildman–Crippen MR) is 108 cm³/mol. The Morgan fingerprint density at radius 3 is 2.33 bits per heavy atom. The maximum atomic E-state index is 12.4. The van der Waals surface area contributed by atoms with Crippen LogP contribution >= 0.6 is 0 Å². The maximum Gasteiger partial charge on any atom is 0.338 e. The lowest BCUT2D eigenvalue weighted by molar-refractivity contribution is -0.123. The Bertz CT molecular complexity index is 1140. The quantitative estimate of drug-likeness (QED) is 0.553. The first kappa shape index (κ1) is 21.1. The van der Waals surface area contributed by atoms with Gasteiger partial charge in [0, 0.05) is 11.8 Å². The minimum atomic E-state index is -3.81. The topological polar surface area (TPSA) is 128 Å². The SMILES string of the molecule is Cc1cc(NC(=O)C(C)OC(=O)c2ccc(S(=O)(=O)Nc3ccccc3)cc2)no1. The van der Waals surface area contributed by atoms with Gasteiger partial charge in [0.1, 0.15) is 5.76 Å². The average Bonchev–Trinajstić information content (AvgIpc) is 3.13. The molecule has 1 aromatic heterocycles. The van der Waals surface area contributed by atoms with E-state index < -0.39 is 28.0 Å². The molecule has 2 N–H and O–H groups in total. The summed E-state index contributed by atoms with van der Waals surface area (Å²) in [6.45, 7) is 3.08. The van der Waals surface area contributed by atoms with Crippen molar-refractivity contribution in [2.24, 2.45) is 0 Å². The second kappa shape index (κ2) is 8.78. The number of amides is 1. The molecule has 2 aromatic carbocycles. The Hall–Kier alpha value is -3.66. The molecule has 1 amide bonds. The van der Waals surface area contributed by atoms with E-state index in [4.69, 9.17) is 9.26 Å². The van der Waals surface area contributed by atoms with E-state index in [2.05, 4.69) is 15.2 Å². The molecule has 0 aliphatic carbocycles. The number of ether oxygens (including phenoxy) is 1. The molecule has 0 saturated heterocycles. The Morgan fingerprint density at radius 1 is 1.07 bits per heavy atom. The lowest BCUT2D eigenvalue weighted by atomic mass is 10.2. The van der Waals surface area contributed by atoms with Crippen molar-refractivity contribution in [2.75, 3.05) is 10.0 Å². The molecule has 3 aromatic rings. The van der Waals surface area contributed by atoms with Gasteiger partial charge >= 0.3 is 5.97 Å². The highest BCUT2D eigenvalue weighted by Gasteiger charge is 2.21. The predicted octanol–water partition coefficient (Wildman–Crippen LogP) is 2.97. The van der Waals surface area contributed by atoms with Crippen molar-refractivity contribution in [3.63, 3.8) is 0 Å². The van der Waals surface area contributed by atoms with Crippen LogP contribution in [0.15, 0.2) is 70.1 Å². The van der Waals surface area contributed by atoms with E-state index in [0.717, 1.165) is 0 Å². The highest BCUT2D eigenvalue weighted by Crippen LogP contribution is 2.17. The molecule has 1 unspecified atom stereocenters. The number of esters is 1. The van der Waals surface area contributed by atoms with Crippen molar-refractivity contribution in [2.45, 2.75) is 24.8 Å². The number of hydrogen-bond acceptors (Lipinski definition) is 7. The van der Waals surface area contributed by atoms with Crippen LogP contribution in [0.5, 0.6) is 0 Å². The second-order valence-corrected chi connectivity index (χ2v) is 8.04. The molecule has 0 bridgehead atoms. The van der Waals surface area contributed by atoms with Gasteiger partial charge in [-0.2, -0.15) is 0 Å². The van der Waals surface area contributed by atoms with Gasteiger partial charge in [-0.05, 0) is 50.2 Å². The third-order valence-electron chi connectivity index (χ3n) is 3.96. The van der Waals surface area contributed by atoms with Crippen LogP contribution in [0.4, 0.5) is 11.5 Å². The van der Waals surface area contributed by atoms with Gasteiger partial charge in [0.25, 0.3) is 15.9 Å². The Balaban J connectivity index is 1.62. The third-order valence-corrected chi connectivity index (χ3v) is 5.36. The molecule has 3 rings (SSSR count). The number of carbonyl (C=O) groups is 2. The minimum Gasteiger partial charge on any atom is -0.449 e. The molecular weight excluding hydrogens is 410 g/mol. The van der Waals surface area contributed by atoms with Crippen LogP contribution in [-0.4, -0.2) is 31.6 Å². The van der Waals surface area contributed by atoms with E-state index in [-0.39, 0.29) is 16.3 Å². The number of anilines is 2. The average molecular weight is 429 g/mol. The van der Waals surface area contributed by atoms with Gasteiger partial charge < -0.3 is 14.6 Å². The van der Waals surface area contributed by atoms with Crippen LogP contribution in [0.1, 0.15) is 23.0 Å². The van der Waals surface area contributed by atoms with Crippen molar-refractivity contribution in [1.29, 1.82) is 0 Å². The zero-order chi connectivity index (χ0) is 21.7. The highest BCUT2D eigenvalue weighted by atomic mass is 32.2. The Kier molecular flexibility index (Phi) is 6.17. The number of para-hydroxylation sites is 1. The summed E-state index contributed by atoms with van der Waals surface area (Å²) in [6.07, 6.45) is -1.10. The van der Waals surface area contributed by atoms with E-state index in [1.165, 1.54) is 37.3 Å². The monoisotopic (exact) mass is 429 g/mol. The standard InChI is InChI=1S/C20H19N3O6S/c1-13-12-18(22-29-13)21-19(24)14(2)28-20(25)15-8-10-17(11-9-15)30(26,27)23-16-6-4-3-5-7-16/h3-12,14,23H,1-2H3,(H,21,22,24). The number of nitrogens with zero attached hydrogens (tertiary/aromatic N) is 1. The normalized spacial score (nSPS) is 12.1. The van der Waals surface area contributed by atoms with Crippen LogP contribution in [0.25, 0.3) is 0 Å². The number of benzene rings is 2. The molecule has 10 heteroatoms. The first-order valence-electron chi connectivity index (χ1n) is 8.88. The summed E-state index contributed by atoms with van der Waals surface area (Å²) < 4.78 is 37.3. The van der Waals surface area contributed by atoms with E-state index >= 15 is 0 Å². The van der Waals surface area contributed by atoms with Crippen molar-refractivity contribution in [1.82, 2.24) is 5.16 Å². The Morgan fingerprint density at radius 2 is 1.73 bits per heavy atom. The summed E-state index contributed by atoms with van der Waals surface area (Å²) in [7, 11) is -3.81. The van der Waals surface area contributed by atoms with Crippen molar-refractivity contribution in [3.8, 4) is 0 Å². The smallest absolute Gasteiger partial charge is 0.338 e.